The fraction of sp³-hybridized carbons (Fsp3) is 0.824. The molecule has 2 saturated heterocycles. The van der Waals surface area contributed by atoms with Gasteiger partial charge < -0.3 is 9.32 Å². The van der Waals surface area contributed by atoms with E-state index in [-0.39, 0.29) is 0 Å². The summed E-state index contributed by atoms with van der Waals surface area (Å²) in [4.78, 5) is 12.1. The molecule has 0 N–H and O–H groups in total. The van der Waals surface area contributed by atoms with Crippen LogP contribution in [0.15, 0.2) is 10.7 Å². The molecule has 0 unspecified atom stereocenters. The Balaban J connectivity index is 1.45. The van der Waals surface area contributed by atoms with E-state index in [2.05, 4.69) is 33.7 Å². The fourth-order valence-corrected chi connectivity index (χ4v) is 3.83. The summed E-state index contributed by atoms with van der Waals surface area (Å²) in [5.74, 6) is 1.62. The Labute approximate surface area is 134 Å². The maximum absolute atomic E-state index is 5.30. The molecule has 22 heavy (non-hydrogen) atoms. The van der Waals surface area contributed by atoms with Crippen LogP contribution in [-0.4, -0.2) is 72.0 Å². The Kier molecular flexibility index (Phi) is 5.16. The summed E-state index contributed by atoms with van der Waals surface area (Å²) in [5.41, 5.74) is 1.07. The van der Waals surface area contributed by atoms with Gasteiger partial charge in [-0.2, -0.15) is 0 Å². The highest BCUT2D eigenvalue weighted by molar-refractivity contribution is 4.96. The van der Waals surface area contributed by atoms with Crippen molar-refractivity contribution in [1.29, 1.82) is 0 Å². The van der Waals surface area contributed by atoms with Crippen molar-refractivity contribution in [2.75, 3.05) is 46.3 Å². The van der Waals surface area contributed by atoms with Crippen LogP contribution in [-0.2, 0) is 6.54 Å². The zero-order valence-corrected chi connectivity index (χ0v) is 14.3. The highest BCUT2D eigenvalue weighted by Crippen LogP contribution is 2.25. The smallest absolute Gasteiger partial charge is 0.191 e. The van der Waals surface area contributed by atoms with Crippen molar-refractivity contribution in [2.24, 2.45) is 5.92 Å². The number of likely N-dealkylation sites (N-methyl/N-ethyl adjacent to an activating group) is 1. The highest BCUT2D eigenvalue weighted by atomic mass is 16.3. The molecule has 0 spiro atoms. The van der Waals surface area contributed by atoms with Crippen LogP contribution < -0.4 is 0 Å². The van der Waals surface area contributed by atoms with Crippen molar-refractivity contribution in [3.05, 3.63) is 17.8 Å². The molecule has 3 heterocycles. The van der Waals surface area contributed by atoms with E-state index in [1.54, 1.807) is 6.26 Å². The van der Waals surface area contributed by atoms with Crippen LogP contribution >= 0.6 is 0 Å². The Morgan fingerprint density at radius 1 is 1.18 bits per heavy atom. The van der Waals surface area contributed by atoms with Crippen LogP contribution in [0.25, 0.3) is 0 Å². The van der Waals surface area contributed by atoms with Crippen molar-refractivity contribution in [3.63, 3.8) is 0 Å². The van der Waals surface area contributed by atoms with E-state index >= 15 is 0 Å². The third kappa shape index (κ3) is 3.89. The molecule has 3 rings (SSSR count). The Morgan fingerprint density at radius 2 is 1.86 bits per heavy atom. The molecule has 2 aliphatic heterocycles. The van der Waals surface area contributed by atoms with Gasteiger partial charge in [-0.05, 0) is 45.8 Å². The van der Waals surface area contributed by atoms with E-state index in [1.807, 2.05) is 6.92 Å². The molecule has 124 valence electrons. The maximum Gasteiger partial charge on any atom is 0.191 e. The second-order valence-electron chi connectivity index (χ2n) is 7.05. The minimum atomic E-state index is 0.727. The summed E-state index contributed by atoms with van der Waals surface area (Å²) in [5, 5.41) is 0. The number of piperazine rings is 1. The molecule has 0 bridgehead atoms. The van der Waals surface area contributed by atoms with Gasteiger partial charge in [-0.3, -0.25) is 9.80 Å². The number of piperidine rings is 1. The zero-order valence-electron chi connectivity index (χ0n) is 14.3. The summed E-state index contributed by atoms with van der Waals surface area (Å²) < 4.78 is 5.30. The summed E-state index contributed by atoms with van der Waals surface area (Å²) in [7, 11) is 2.23. The maximum atomic E-state index is 5.30. The fourth-order valence-electron chi connectivity index (χ4n) is 3.83. The lowest BCUT2D eigenvalue weighted by Gasteiger charge is -2.42. The Hall–Kier alpha value is -0.910. The van der Waals surface area contributed by atoms with E-state index in [0.29, 0.717) is 0 Å². The second kappa shape index (κ2) is 7.11. The summed E-state index contributed by atoms with van der Waals surface area (Å²) in [6, 6.07) is 0.727. The molecule has 1 aromatic heterocycles. The molecule has 5 heteroatoms. The molecule has 0 amide bonds. The largest absolute Gasteiger partial charge is 0.449 e. The van der Waals surface area contributed by atoms with Gasteiger partial charge in [-0.15, -0.1) is 0 Å². The summed E-state index contributed by atoms with van der Waals surface area (Å²) >= 11 is 0. The predicted octanol–water partition coefficient (Wildman–Crippen LogP) is 1.83. The van der Waals surface area contributed by atoms with Crippen LogP contribution in [0.2, 0.25) is 0 Å². The van der Waals surface area contributed by atoms with Crippen molar-refractivity contribution in [2.45, 2.75) is 39.3 Å². The van der Waals surface area contributed by atoms with Crippen LogP contribution in [0.5, 0.6) is 0 Å². The van der Waals surface area contributed by atoms with Gasteiger partial charge in [0.1, 0.15) is 6.26 Å². The first kappa shape index (κ1) is 16.0. The number of hydrogen-bond acceptors (Lipinski definition) is 5. The molecule has 1 atom stereocenters. The Bertz CT molecular complexity index is 459. The first-order valence-corrected chi connectivity index (χ1v) is 8.68. The first-order valence-electron chi connectivity index (χ1n) is 8.68. The van der Waals surface area contributed by atoms with Gasteiger partial charge in [0.25, 0.3) is 0 Å². The van der Waals surface area contributed by atoms with Gasteiger partial charge in [-0.25, -0.2) is 4.98 Å². The normalized spacial score (nSPS) is 24.7. The van der Waals surface area contributed by atoms with E-state index in [4.69, 9.17) is 4.42 Å². The average Bonchev–Trinajstić information content (AvgIpc) is 2.93. The van der Waals surface area contributed by atoms with Crippen LogP contribution in [0.4, 0.5) is 0 Å². The summed E-state index contributed by atoms with van der Waals surface area (Å²) in [6.45, 7) is 12.6. The van der Waals surface area contributed by atoms with Gasteiger partial charge >= 0.3 is 0 Å². The second-order valence-corrected chi connectivity index (χ2v) is 7.05. The van der Waals surface area contributed by atoms with E-state index in [0.717, 1.165) is 30.1 Å². The van der Waals surface area contributed by atoms with Gasteiger partial charge in [0.15, 0.2) is 5.89 Å². The van der Waals surface area contributed by atoms with Gasteiger partial charge in [0, 0.05) is 45.7 Å². The third-order valence-corrected chi connectivity index (χ3v) is 5.48. The topological polar surface area (TPSA) is 35.8 Å². The van der Waals surface area contributed by atoms with Crippen LogP contribution in [0.1, 0.15) is 31.4 Å². The lowest BCUT2D eigenvalue weighted by atomic mass is 9.89. The molecule has 5 nitrogen and oxygen atoms in total. The molecule has 2 fully saturated rings. The molecule has 0 radical (unpaired) electrons. The molecule has 0 aromatic carbocycles. The van der Waals surface area contributed by atoms with Crippen LogP contribution in [0, 0.1) is 12.8 Å². The molecular weight excluding hydrogens is 276 g/mol. The number of hydrogen-bond donors (Lipinski definition) is 0. The minimum absolute atomic E-state index is 0.727. The zero-order chi connectivity index (χ0) is 15.5. The van der Waals surface area contributed by atoms with Gasteiger partial charge in [0.2, 0.25) is 0 Å². The standard InChI is InChI=1S/C17H30N4O/c1-14(21-10-8-19(3)9-11-21)16-4-6-20(7-5-16)12-17-13-22-15(2)18-17/h13-14,16H,4-12H2,1-3H3/t14-/m0/s1. The van der Waals surface area contributed by atoms with E-state index in [9.17, 15) is 0 Å². The van der Waals surface area contributed by atoms with Gasteiger partial charge in [0.05, 0.1) is 5.69 Å². The van der Waals surface area contributed by atoms with Crippen molar-refractivity contribution < 1.29 is 4.42 Å². The molecule has 2 aliphatic rings. The number of likely N-dealkylation sites (tertiary alicyclic amines) is 1. The highest BCUT2D eigenvalue weighted by Gasteiger charge is 2.29. The van der Waals surface area contributed by atoms with Crippen molar-refractivity contribution in [3.8, 4) is 0 Å². The Morgan fingerprint density at radius 3 is 2.45 bits per heavy atom. The average molecular weight is 306 g/mol. The van der Waals surface area contributed by atoms with Crippen molar-refractivity contribution >= 4 is 0 Å². The number of aromatic nitrogens is 1. The minimum Gasteiger partial charge on any atom is -0.449 e. The SMILES string of the molecule is Cc1nc(CN2CCC([C@H](C)N3CCN(C)CC3)CC2)co1. The molecular formula is C17H30N4O. The van der Waals surface area contributed by atoms with E-state index < -0.39 is 0 Å². The number of oxazole rings is 1. The van der Waals surface area contributed by atoms with Crippen LogP contribution in [0.3, 0.4) is 0 Å². The molecule has 0 aliphatic carbocycles. The number of rotatable bonds is 4. The lowest BCUT2D eigenvalue weighted by Crippen LogP contribution is -2.51. The molecule has 1 aromatic rings. The van der Waals surface area contributed by atoms with Gasteiger partial charge in [-0.1, -0.05) is 0 Å². The predicted molar refractivity (Wildman–Crippen MR) is 87.8 cm³/mol. The molecule has 0 saturated carbocycles. The lowest BCUT2D eigenvalue weighted by molar-refractivity contribution is 0.0596. The van der Waals surface area contributed by atoms with Crippen molar-refractivity contribution in [1.82, 2.24) is 19.7 Å². The quantitative estimate of drug-likeness (QED) is 0.848. The third-order valence-electron chi connectivity index (χ3n) is 5.48. The first-order chi connectivity index (χ1) is 10.6. The monoisotopic (exact) mass is 306 g/mol. The summed E-state index contributed by atoms with van der Waals surface area (Å²) in [6.07, 6.45) is 4.42. The number of aryl methyl sites for hydroxylation is 1. The van der Waals surface area contributed by atoms with E-state index in [1.165, 1.54) is 52.1 Å². The number of nitrogens with zero attached hydrogens (tertiary/aromatic N) is 4.